The van der Waals surface area contributed by atoms with E-state index in [0.717, 1.165) is 0 Å². The van der Waals surface area contributed by atoms with Crippen molar-refractivity contribution in [2.45, 2.75) is 56.3 Å². The topological polar surface area (TPSA) is 17.8 Å². The Morgan fingerprint density at radius 3 is 2.87 bits per heavy atom. The lowest BCUT2D eigenvalue weighted by Gasteiger charge is -2.26. The number of hydrogen-bond donors (Lipinski definition) is 0. The van der Waals surface area contributed by atoms with E-state index in [1.54, 1.807) is 0 Å². The van der Waals surface area contributed by atoms with E-state index in [-0.39, 0.29) is 0 Å². The molecule has 1 aromatic heterocycles. The fourth-order valence-electron chi connectivity index (χ4n) is 2.60. The van der Waals surface area contributed by atoms with E-state index >= 15 is 0 Å². The third kappa shape index (κ3) is 1.99. The van der Waals surface area contributed by atoms with Crippen LogP contribution in [0.5, 0.6) is 0 Å². The molecule has 2 rings (SSSR count). The first-order valence-corrected chi connectivity index (χ1v) is 6.62. The summed E-state index contributed by atoms with van der Waals surface area (Å²) < 4.78 is 2.17. The van der Waals surface area contributed by atoms with Crippen LogP contribution in [0, 0.1) is 0 Å². The van der Waals surface area contributed by atoms with Gasteiger partial charge in [-0.05, 0) is 39.2 Å². The number of nitrogens with zero attached hydrogens (tertiary/aromatic N) is 2. The third-order valence-corrected chi connectivity index (χ3v) is 4.24. The molecule has 0 N–H and O–H groups in total. The number of hydrogen-bond acceptors (Lipinski definition) is 1. The maximum atomic E-state index is 4.43. The summed E-state index contributed by atoms with van der Waals surface area (Å²) in [7, 11) is 0. The minimum atomic E-state index is 0.314. The lowest BCUT2D eigenvalue weighted by Crippen LogP contribution is -2.24. The molecule has 1 aromatic rings. The molecule has 2 nitrogen and oxygen atoms in total. The van der Waals surface area contributed by atoms with Gasteiger partial charge in [0.1, 0.15) is 0 Å². The van der Waals surface area contributed by atoms with Crippen LogP contribution in [0.4, 0.5) is 0 Å². The highest BCUT2D eigenvalue weighted by Crippen LogP contribution is 2.43. The van der Waals surface area contributed by atoms with Gasteiger partial charge in [0.25, 0.3) is 0 Å². The fraction of sp³-hybridized carbons (Fsp3) is 0.750. The Balaban J connectivity index is 2.32. The maximum absolute atomic E-state index is 4.43. The lowest BCUT2D eigenvalue weighted by atomic mass is 9.85. The molecule has 2 unspecified atom stereocenters. The van der Waals surface area contributed by atoms with Gasteiger partial charge >= 0.3 is 0 Å². The molecule has 0 spiro atoms. The van der Waals surface area contributed by atoms with Crippen LogP contribution < -0.4 is 0 Å². The molecule has 2 atom stereocenters. The monoisotopic (exact) mass is 270 g/mol. The molecule has 84 valence electrons. The molecule has 0 bridgehead atoms. The SMILES string of the molecule is CC(C)n1nccc1C1(C)CCC(Br)C1. The van der Waals surface area contributed by atoms with Gasteiger partial charge in [0.2, 0.25) is 0 Å². The van der Waals surface area contributed by atoms with Crippen molar-refractivity contribution in [2.75, 3.05) is 0 Å². The highest BCUT2D eigenvalue weighted by atomic mass is 79.9. The quantitative estimate of drug-likeness (QED) is 0.750. The van der Waals surface area contributed by atoms with Crippen molar-refractivity contribution >= 4 is 15.9 Å². The molecule has 0 aliphatic heterocycles. The summed E-state index contributed by atoms with van der Waals surface area (Å²) >= 11 is 3.73. The number of rotatable bonds is 2. The summed E-state index contributed by atoms with van der Waals surface area (Å²) in [5.74, 6) is 0. The van der Waals surface area contributed by atoms with Gasteiger partial charge in [-0.3, -0.25) is 4.68 Å². The van der Waals surface area contributed by atoms with E-state index in [0.29, 0.717) is 16.3 Å². The molecule has 1 heterocycles. The molecule has 1 aliphatic rings. The second-order valence-electron chi connectivity index (χ2n) is 5.16. The highest BCUT2D eigenvalue weighted by Gasteiger charge is 2.37. The van der Waals surface area contributed by atoms with Gasteiger partial charge in [-0.1, -0.05) is 22.9 Å². The minimum Gasteiger partial charge on any atom is -0.267 e. The van der Waals surface area contributed by atoms with Crippen LogP contribution in [0.3, 0.4) is 0 Å². The molecule has 0 radical (unpaired) electrons. The predicted molar refractivity (Wildman–Crippen MR) is 66.5 cm³/mol. The van der Waals surface area contributed by atoms with Crippen molar-refractivity contribution in [3.8, 4) is 0 Å². The average molecular weight is 271 g/mol. The molecule has 1 aliphatic carbocycles. The highest BCUT2D eigenvalue weighted by molar-refractivity contribution is 9.09. The molecule has 0 saturated heterocycles. The molecule has 15 heavy (non-hydrogen) atoms. The predicted octanol–water partition coefficient (Wildman–Crippen LogP) is 3.67. The molecular weight excluding hydrogens is 252 g/mol. The molecule has 1 saturated carbocycles. The van der Waals surface area contributed by atoms with Crippen LogP contribution >= 0.6 is 15.9 Å². The molecule has 3 heteroatoms. The number of alkyl halides is 1. The number of aromatic nitrogens is 2. The normalized spacial score (nSPS) is 31.4. The summed E-state index contributed by atoms with van der Waals surface area (Å²) in [5.41, 5.74) is 1.72. The average Bonchev–Trinajstić information content (AvgIpc) is 2.72. The Labute approximate surface area is 100 Å². The summed E-state index contributed by atoms with van der Waals surface area (Å²) in [6.07, 6.45) is 5.70. The lowest BCUT2D eigenvalue weighted by molar-refractivity contribution is 0.406. The van der Waals surface area contributed by atoms with Gasteiger partial charge in [0.15, 0.2) is 0 Å². The van der Waals surface area contributed by atoms with Gasteiger partial charge in [-0.2, -0.15) is 5.10 Å². The van der Waals surface area contributed by atoms with Gasteiger partial charge in [-0.25, -0.2) is 0 Å². The van der Waals surface area contributed by atoms with Crippen molar-refractivity contribution in [2.24, 2.45) is 0 Å². The standard InChI is InChI=1S/C12H19BrN2/c1-9(2)15-11(5-7-14-15)12(3)6-4-10(13)8-12/h5,7,9-10H,4,6,8H2,1-3H3. The van der Waals surface area contributed by atoms with Crippen molar-refractivity contribution in [1.29, 1.82) is 0 Å². The van der Waals surface area contributed by atoms with E-state index in [4.69, 9.17) is 0 Å². The molecule has 0 aromatic carbocycles. The zero-order valence-electron chi connectivity index (χ0n) is 9.70. The molecule has 1 fully saturated rings. The van der Waals surface area contributed by atoms with Gasteiger partial charge in [-0.15, -0.1) is 0 Å². The van der Waals surface area contributed by atoms with Crippen molar-refractivity contribution in [3.05, 3.63) is 18.0 Å². The Morgan fingerprint density at radius 1 is 1.60 bits per heavy atom. The van der Waals surface area contributed by atoms with Crippen molar-refractivity contribution < 1.29 is 0 Å². The van der Waals surface area contributed by atoms with E-state index in [2.05, 4.69) is 52.5 Å². The zero-order chi connectivity index (χ0) is 11.1. The van der Waals surface area contributed by atoms with E-state index in [9.17, 15) is 0 Å². The van der Waals surface area contributed by atoms with Crippen LogP contribution in [0.2, 0.25) is 0 Å². The van der Waals surface area contributed by atoms with Gasteiger partial charge in [0, 0.05) is 28.2 Å². The van der Waals surface area contributed by atoms with E-state index < -0.39 is 0 Å². The Bertz CT molecular complexity index is 345. The number of halogens is 1. The van der Waals surface area contributed by atoms with Crippen LogP contribution in [-0.4, -0.2) is 14.6 Å². The second kappa shape index (κ2) is 3.93. The summed E-state index contributed by atoms with van der Waals surface area (Å²) in [5, 5.41) is 4.43. The van der Waals surface area contributed by atoms with Crippen LogP contribution in [0.1, 0.15) is 51.8 Å². The van der Waals surface area contributed by atoms with Crippen molar-refractivity contribution in [3.63, 3.8) is 0 Å². The summed E-state index contributed by atoms with van der Waals surface area (Å²) in [6.45, 7) is 6.75. The smallest absolute Gasteiger partial charge is 0.0492 e. The summed E-state index contributed by atoms with van der Waals surface area (Å²) in [6, 6.07) is 2.65. The maximum Gasteiger partial charge on any atom is 0.0492 e. The van der Waals surface area contributed by atoms with Crippen LogP contribution in [0.25, 0.3) is 0 Å². The summed E-state index contributed by atoms with van der Waals surface area (Å²) in [4.78, 5) is 0.679. The first-order valence-electron chi connectivity index (χ1n) is 5.71. The van der Waals surface area contributed by atoms with Crippen LogP contribution in [-0.2, 0) is 5.41 Å². The minimum absolute atomic E-state index is 0.314. The Hall–Kier alpha value is -0.310. The Kier molecular flexibility index (Phi) is 2.93. The first kappa shape index (κ1) is 11.2. The third-order valence-electron chi connectivity index (χ3n) is 3.46. The fourth-order valence-corrected chi connectivity index (χ4v) is 3.55. The van der Waals surface area contributed by atoms with Gasteiger partial charge < -0.3 is 0 Å². The van der Waals surface area contributed by atoms with Gasteiger partial charge in [0.05, 0.1) is 0 Å². The first-order chi connectivity index (χ1) is 7.03. The zero-order valence-corrected chi connectivity index (χ0v) is 11.3. The Morgan fingerprint density at radius 2 is 2.33 bits per heavy atom. The second-order valence-corrected chi connectivity index (χ2v) is 6.45. The van der Waals surface area contributed by atoms with Crippen molar-refractivity contribution in [1.82, 2.24) is 9.78 Å². The van der Waals surface area contributed by atoms with Crippen LogP contribution in [0.15, 0.2) is 12.3 Å². The molecule has 0 amide bonds. The largest absolute Gasteiger partial charge is 0.267 e. The van der Waals surface area contributed by atoms with E-state index in [1.165, 1.54) is 25.0 Å². The molecular formula is C12H19BrN2. The van der Waals surface area contributed by atoms with E-state index in [1.807, 2.05) is 6.20 Å².